The average molecular weight is 657 g/mol. The molecule has 0 spiro atoms. The number of anilines is 1. The summed E-state index contributed by atoms with van der Waals surface area (Å²) < 4.78 is 52.3. The zero-order chi connectivity index (χ0) is 32.1. The van der Waals surface area contributed by atoms with Gasteiger partial charge in [0, 0.05) is 25.2 Å². The fourth-order valence-electron chi connectivity index (χ4n) is 3.86. The smallest absolute Gasteiger partial charge is 0.447 e. The molecular weight excluding hydrogens is 622 g/mol. The van der Waals surface area contributed by atoms with E-state index in [1.165, 1.54) is 30.1 Å². The van der Waals surface area contributed by atoms with Gasteiger partial charge < -0.3 is 24.6 Å². The number of amides is 3. The Morgan fingerprint density at radius 2 is 1.80 bits per heavy atom. The predicted molar refractivity (Wildman–Crippen MR) is 160 cm³/mol. The number of carbonyl (C=O) groups excluding carboxylic acids is 2. The number of urea groups is 1. The molecule has 2 atom stereocenters. The highest BCUT2D eigenvalue weighted by Crippen LogP contribution is 2.49. The molecule has 16 heteroatoms. The molecule has 0 saturated carbocycles. The maximum Gasteiger partial charge on any atom is 0.474 e. The number of hydrogen-bond acceptors (Lipinski definition) is 10. The first kappa shape index (κ1) is 35.0. The van der Waals surface area contributed by atoms with Crippen molar-refractivity contribution in [2.45, 2.75) is 39.0 Å². The zero-order valence-electron chi connectivity index (χ0n) is 24.4. The molecule has 1 aromatic heterocycles. The monoisotopic (exact) mass is 656 g/mol. The van der Waals surface area contributed by atoms with Crippen molar-refractivity contribution >= 4 is 37.4 Å². The molecule has 0 unspecified atom stereocenters. The largest absolute Gasteiger partial charge is 0.474 e. The summed E-state index contributed by atoms with van der Waals surface area (Å²) in [7, 11) is -2.50. The van der Waals surface area contributed by atoms with Crippen LogP contribution in [-0.4, -0.2) is 72.9 Å². The highest BCUT2D eigenvalue weighted by atomic mass is 35.5. The minimum atomic E-state index is -3.91. The van der Waals surface area contributed by atoms with Crippen LogP contribution < -0.4 is 10.6 Å². The lowest BCUT2D eigenvalue weighted by molar-refractivity contribution is 0.0353. The van der Waals surface area contributed by atoms with E-state index in [1.54, 1.807) is 19.9 Å². The number of ether oxygens (including phenoxy) is 1. The van der Waals surface area contributed by atoms with E-state index in [1.807, 2.05) is 30.3 Å². The molecule has 0 saturated heterocycles. The summed E-state index contributed by atoms with van der Waals surface area (Å²) >= 11 is 5.98. The summed E-state index contributed by atoms with van der Waals surface area (Å²) in [4.78, 5) is 26.8. The van der Waals surface area contributed by atoms with E-state index in [0.29, 0.717) is 11.3 Å². The van der Waals surface area contributed by atoms with E-state index < -0.39 is 44.5 Å². The molecule has 2 aromatic carbocycles. The molecule has 44 heavy (non-hydrogen) atoms. The van der Waals surface area contributed by atoms with E-state index in [2.05, 4.69) is 15.8 Å². The lowest BCUT2D eigenvalue weighted by Crippen LogP contribution is -2.47. The van der Waals surface area contributed by atoms with Crippen LogP contribution in [0, 0.1) is 5.82 Å². The lowest BCUT2D eigenvalue weighted by Gasteiger charge is -2.30. The summed E-state index contributed by atoms with van der Waals surface area (Å²) in [6.45, 7) is 2.38. The van der Waals surface area contributed by atoms with Crippen LogP contribution in [0.2, 0.25) is 5.02 Å². The van der Waals surface area contributed by atoms with Crippen molar-refractivity contribution in [2.75, 3.05) is 38.8 Å². The molecule has 0 aliphatic rings. The molecule has 3 N–H and O–H groups in total. The van der Waals surface area contributed by atoms with Gasteiger partial charge in [-0.25, -0.2) is 18.5 Å². The second-order valence-electron chi connectivity index (χ2n) is 9.27. The van der Waals surface area contributed by atoms with Crippen LogP contribution in [-0.2, 0) is 29.4 Å². The van der Waals surface area contributed by atoms with Crippen molar-refractivity contribution in [3.63, 3.8) is 0 Å². The third-order valence-electron chi connectivity index (χ3n) is 6.09. The number of halogens is 2. The summed E-state index contributed by atoms with van der Waals surface area (Å²) in [6.07, 6.45) is -2.36. The molecule has 3 rings (SSSR count). The van der Waals surface area contributed by atoms with Crippen LogP contribution in [0.1, 0.15) is 25.8 Å². The summed E-state index contributed by atoms with van der Waals surface area (Å²) in [5.41, 5.74) is 1.62. The Morgan fingerprint density at radius 3 is 2.48 bits per heavy atom. The number of nitrogens with one attached hydrogen (secondary N) is 2. The van der Waals surface area contributed by atoms with E-state index in [-0.39, 0.29) is 43.7 Å². The maximum atomic E-state index is 13.8. The van der Waals surface area contributed by atoms with Gasteiger partial charge in [0.2, 0.25) is 5.88 Å². The number of aliphatic hydroxyl groups excluding tert-OH is 1. The number of aliphatic hydroxyl groups is 1. The Morgan fingerprint density at radius 1 is 1.09 bits per heavy atom. The molecular formula is C28H35ClFN4O9P. The number of rotatable bonds is 16. The van der Waals surface area contributed by atoms with Crippen molar-refractivity contribution in [1.82, 2.24) is 15.4 Å². The van der Waals surface area contributed by atoms with E-state index in [9.17, 15) is 23.7 Å². The summed E-state index contributed by atoms with van der Waals surface area (Å²) in [5.74, 6) is -0.606. The van der Waals surface area contributed by atoms with Crippen LogP contribution in [0.3, 0.4) is 0 Å². The second kappa shape index (κ2) is 17.1. The van der Waals surface area contributed by atoms with Crippen molar-refractivity contribution in [2.24, 2.45) is 0 Å². The number of phosphoric ester groups is 1. The van der Waals surface area contributed by atoms with E-state index in [0.717, 1.165) is 5.56 Å². The summed E-state index contributed by atoms with van der Waals surface area (Å²) in [6, 6.07) is 13.3. The van der Waals surface area contributed by atoms with Crippen molar-refractivity contribution in [3.8, 4) is 11.3 Å². The van der Waals surface area contributed by atoms with Gasteiger partial charge in [0.25, 0.3) is 0 Å². The Balaban J connectivity index is 1.65. The quantitative estimate of drug-likeness (QED) is 0.160. The van der Waals surface area contributed by atoms with Crippen LogP contribution >= 0.6 is 19.4 Å². The van der Waals surface area contributed by atoms with Gasteiger partial charge in [-0.3, -0.25) is 18.9 Å². The highest BCUT2D eigenvalue weighted by molar-refractivity contribution is 7.48. The number of benzene rings is 2. The predicted octanol–water partition coefficient (Wildman–Crippen LogP) is 5.84. The molecule has 0 aliphatic heterocycles. The number of hydrogen-bond donors (Lipinski definition) is 3. The van der Waals surface area contributed by atoms with Gasteiger partial charge >= 0.3 is 19.9 Å². The number of aromatic nitrogens is 1. The van der Waals surface area contributed by atoms with Gasteiger partial charge in [0.1, 0.15) is 18.1 Å². The van der Waals surface area contributed by atoms with E-state index in [4.69, 9.17) is 34.4 Å². The van der Waals surface area contributed by atoms with Gasteiger partial charge in [-0.2, -0.15) is 0 Å². The molecule has 0 aliphatic carbocycles. The maximum absolute atomic E-state index is 13.8. The molecule has 1 heterocycles. The molecule has 3 aromatic rings. The molecule has 240 valence electrons. The molecule has 0 fully saturated rings. The Kier molecular flexibility index (Phi) is 13.6. The molecule has 13 nitrogen and oxygen atoms in total. The standard InChI is InChI=1S/C28H35ClFN4O9P/c1-4-40-44(38,41-5-2)42-18-22(35)14-21(34(3)27(36)31-16-20-12-9-13-23(30)26(20)29)17-39-28(37)32-25-15-24(33-43-25)19-10-7-6-8-11-19/h6-13,15,21-22,35H,4-5,14,16-18H2,1-3H3,(H,31,36)(H,32,37)/t21-,22-/m1/s1. The minimum absolute atomic E-state index is 0.0273. The topological polar surface area (TPSA) is 162 Å². The third-order valence-corrected chi connectivity index (χ3v) is 8.12. The number of likely N-dealkylation sites (N-methyl/N-ethyl adjacent to an activating group) is 1. The molecule has 3 amide bonds. The van der Waals surface area contributed by atoms with Gasteiger partial charge in [0.05, 0.1) is 37.0 Å². The summed E-state index contributed by atoms with van der Waals surface area (Å²) in [5, 5.41) is 19.5. The SMILES string of the molecule is CCOP(=O)(OCC)OC[C@H](O)C[C@H](COC(=O)Nc1cc(-c2ccccc2)no1)N(C)C(=O)NCc1cccc(F)c1Cl. The fourth-order valence-corrected chi connectivity index (χ4v) is 5.26. The third kappa shape index (κ3) is 10.6. The van der Waals surface area contributed by atoms with E-state index >= 15 is 0 Å². The zero-order valence-corrected chi connectivity index (χ0v) is 26.1. The van der Waals surface area contributed by atoms with Crippen LogP contribution in [0.15, 0.2) is 59.1 Å². The number of phosphoric acid groups is 1. The minimum Gasteiger partial charge on any atom is -0.447 e. The average Bonchev–Trinajstić information content (AvgIpc) is 3.47. The van der Waals surface area contributed by atoms with Gasteiger partial charge in [-0.15, -0.1) is 0 Å². The van der Waals surface area contributed by atoms with Crippen molar-refractivity contribution in [1.29, 1.82) is 0 Å². The van der Waals surface area contributed by atoms with Crippen LogP contribution in [0.25, 0.3) is 11.3 Å². The Hall–Kier alpha value is -3.52. The van der Waals surface area contributed by atoms with Crippen molar-refractivity contribution in [3.05, 3.63) is 71.0 Å². The first-order valence-electron chi connectivity index (χ1n) is 13.7. The lowest BCUT2D eigenvalue weighted by atomic mass is 10.1. The van der Waals surface area contributed by atoms with Crippen LogP contribution in [0.5, 0.6) is 0 Å². The Labute approximate surface area is 259 Å². The second-order valence-corrected chi connectivity index (χ2v) is 11.3. The van der Waals surface area contributed by atoms with Crippen molar-refractivity contribution < 1.29 is 46.5 Å². The van der Waals surface area contributed by atoms with Gasteiger partial charge in [0.15, 0.2) is 0 Å². The first-order chi connectivity index (χ1) is 21.0. The fraction of sp³-hybridized carbons (Fsp3) is 0.393. The molecule has 0 bridgehead atoms. The van der Waals surface area contributed by atoms with Crippen LogP contribution in [0.4, 0.5) is 19.9 Å². The molecule has 0 radical (unpaired) electrons. The Bertz CT molecular complexity index is 1400. The normalized spacial score (nSPS) is 12.8. The number of nitrogens with zero attached hydrogens (tertiary/aromatic N) is 2. The van der Waals surface area contributed by atoms with Gasteiger partial charge in [-0.1, -0.05) is 59.2 Å². The first-order valence-corrected chi connectivity index (χ1v) is 15.5. The van der Waals surface area contributed by atoms with Gasteiger partial charge in [-0.05, 0) is 31.9 Å². The highest BCUT2D eigenvalue weighted by Gasteiger charge is 2.30. The number of carbonyl (C=O) groups is 2.